The molecule has 1 nitrogen and oxygen atoms in total. The third-order valence-corrected chi connectivity index (χ3v) is 2.68. The number of hydrogen-bond acceptors (Lipinski definition) is 1. The summed E-state index contributed by atoms with van der Waals surface area (Å²) < 4.78 is 0. The third-order valence-electron chi connectivity index (χ3n) is 2.68. The van der Waals surface area contributed by atoms with E-state index < -0.39 is 0 Å². The molecule has 0 aliphatic heterocycles. The minimum atomic E-state index is 0.240. The molecule has 0 aromatic heterocycles. The molecule has 1 heteroatoms. The van der Waals surface area contributed by atoms with E-state index >= 15 is 0 Å². The summed E-state index contributed by atoms with van der Waals surface area (Å²) in [5.41, 5.74) is 8.81. The first-order chi connectivity index (χ1) is 6.89. The molecule has 1 aromatic carbocycles. The van der Waals surface area contributed by atoms with Gasteiger partial charge in [0.2, 0.25) is 0 Å². The van der Waals surface area contributed by atoms with Crippen molar-refractivity contribution in [3.63, 3.8) is 0 Å². The maximum Gasteiger partial charge on any atom is 0.00136 e. The predicted molar refractivity (Wildman–Crippen MR) is 67.1 cm³/mol. The van der Waals surface area contributed by atoms with Crippen molar-refractivity contribution < 1.29 is 0 Å². The van der Waals surface area contributed by atoms with E-state index in [1.807, 2.05) is 0 Å². The lowest BCUT2D eigenvalue weighted by Gasteiger charge is -2.19. The molecule has 0 aliphatic rings. The minimum absolute atomic E-state index is 0.240. The number of rotatable bonds is 3. The second-order valence-electron chi connectivity index (χ2n) is 5.47. The Labute approximate surface area is 93.7 Å². The molecule has 84 valence electrons. The standard InChI is InChI=1S/C14H23N/c1-11(15)8-9-12-6-5-7-13(10-12)14(2,3)4/h5-7,10-11H,8-9,15H2,1-4H3/t11-/m0/s1. The van der Waals surface area contributed by atoms with Gasteiger partial charge in [0.1, 0.15) is 0 Å². The Morgan fingerprint density at radius 1 is 1.27 bits per heavy atom. The van der Waals surface area contributed by atoms with Crippen molar-refractivity contribution in [2.45, 2.75) is 52.0 Å². The van der Waals surface area contributed by atoms with E-state index in [0.29, 0.717) is 6.04 Å². The fourth-order valence-electron chi connectivity index (χ4n) is 1.59. The van der Waals surface area contributed by atoms with Crippen LogP contribution < -0.4 is 5.73 Å². The average molecular weight is 205 g/mol. The van der Waals surface area contributed by atoms with Crippen molar-refractivity contribution in [2.24, 2.45) is 5.73 Å². The van der Waals surface area contributed by atoms with Crippen LogP contribution in [0.5, 0.6) is 0 Å². The lowest BCUT2D eigenvalue weighted by Crippen LogP contribution is -2.16. The average Bonchev–Trinajstić information content (AvgIpc) is 2.14. The fraction of sp³-hybridized carbons (Fsp3) is 0.571. The summed E-state index contributed by atoms with van der Waals surface area (Å²) in [6.07, 6.45) is 2.15. The van der Waals surface area contributed by atoms with E-state index in [0.717, 1.165) is 12.8 Å². The van der Waals surface area contributed by atoms with Gasteiger partial charge in [-0.2, -0.15) is 0 Å². The van der Waals surface area contributed by atoms with Gasteiger partial charge in [-0.1, -0.05) is 45.0 Å². The first-order valence-electron chi connectivity index (χ1n) is 5.74. The highest BCUT2D eigenvalue weighted by Crippen LogP contribution is 2.23. The molecule has 0 saturated carbocycles. The van der Waals surface area contributed by atoms with Gasteiger partial charge in [-0.05, 0) is 36.3 Å². The highest BCUT2D eigenvalue weighted by Gasteiger charge is 2.13. The molecular formula is C14H23N. The van der Waals surface area contributed by atoms with Gasteiger partial charge < -0.3 is 5.73 Å². The van der Waals surface area contributed by atoms with Gasteiger partial charge in [0.05, 0.1) is 0 Å². The van der Waals surface area contributed by atoms with Gasteiger partial charge in [-0.25, -0.2) is 0 Å². The van der Waals surface area contributed by atoms with Crippen LogP contribution in [0.15, 0.2) is 24.3 Å². The number of benzene rings is 1. The van der Waals surface area contributed by atoms with Crippen LogP contribution in [-0.2, 0) is 11.8 Å². The Bertz CT molecular complexity index is 307. The Kier molecular flexibility index (Phi) is 3.92. The van der Waals surface area contributed by atoms with Crippen LogP contribution in [0.3, 0.4) is 0 Å². The summed E-state index contributed by atoms with van der Waals surface area (Å²) in [7, 11) is 0. The van der Waals surface area contributed by atoms with Crippen LogP contribution in [0, 0.1) is 0 Å². The molecule has 15 heavy (non-hydrogen) atoms. The summed E-state index contributed by atoms with van der Waals surface area (Å²) in [5, 5.41) is 0. The number of hydrogen-bond donors (Lipinski definition) is 1. The Hall–Kier alpha value is -0.820. The van der Waals surface area contributed by atoms with E-state index in [-0.39, 0.29) is 5.41 Å². The zero-order valence-electron chi connectivity index (χ0n) is 10.4. The first kappa shape index (κ1) is 12.3. The normalized spacial score (nSPS) is 13.9. The van der Waals surface area contributed by atoms with Gasteiger partial charge in [-0.3, -0.25) is 0 Å². The van der Waals surface area contributed by atoms with E-state index in [9.17, 15) is 0 Å². The van der Waals surface area contributed by atoms with Gasteiger partial charge in [0, 0.05) is 6.04 Å². The molecular weight excluding hydrogens is 182 g/mol. The van der Waals surface area contributed by atoms with Crippen molar-refractivity contribution >= 4 is 0 Å². The van der Waals surface area contributed by atoms with Crippen molar-refractivity contribution in [3.05, 3.63) is 35.4 Å². The molecule has 0 unspecified atom stereocenters. The quantitative estimate of drug-likeness (QED) is 0.805. The van der Waals surface area contributed by atoms with Crippen LogP contribution >= 0.6 is 0 Å². The van der Waals surface area contributed by atoms with Gasteiger partial charge in [-0.15, -0.1) is 0 Å². The molecule has 0 aliphatic carbocycles. The van der Waals surface area contributed by atoms with Crippen molar-refractivity contribution in [1.82, 2.24) is 0 Å². The molecule has 0 heterocycles. The molecule has 0 radical (unpaired) electrons. The molecule has 0 saturated heterocycles. The largest absolute Gasteiger partial charge is 0.328 e. The Morgan fingerprint density at radius 2 is 1.93 bits per heavy atom. The van der Waals surface area contributed by atoms with E-state index in [2.05, 4.69) is 52.0 Å². The zero-order chi connectivity index (χ0) is 11.5. The van der Waals surface area contributed by atoms with Crippen LogP contribution in [0.4, 0.5) is 0 Å². The van der Waals surface area contributed by atoms with E-state index in [1.165, 1.54) is 11.1 Å². The molecule has 1 rings (SSSR count). The SMILES string of the molecule is C[C@H](N)CCc1cccc(C(C)(C)C)c1. The summed E-state index contributed by atoms with van der Waals surface area (Å²) in [4.78, 5) is 0. The molecule has 0 bridgehead atoms. The topological polar surface area (TPSA) is 26.0 Å². The minimum Gasteiger partial charge on any atom is -0.328 e. The smallest absolute Gasteiger partial charge is 0.00136 e. The second kappa shape index (κ2) is 4.80. The third kappa shape index (κ3) is 4.05. The molecule has 1 aromatic rings. The second-order valence-corrected chi connectivity index (χ2v) is 5.47. The first-order valence-corrected chi connectivity index (χ1v) is 5.74. The predicted octanol–water partition coefficient (Wildman–Crippen LogP) is 3.26. The summed E-state index contributed by atoms with van der Waals surface area (Å²) in [6, 6.07) is 9.15. The van der Waals surface area contributed by atoms with Crippen molar-refractivity contribution in [1.29, 1.82) is 0 Å². The van der Waals surface area contributed by atoms with Crippen LogP contribution in [-0.4, -0.2) is 6.04 Å². The fourth-order valence-corrected chi connectivity index (χ4v) is 1.59. The lowest BCUT2D eigenvalue weighted by atomic mass is 9.86. The van der Waals surface area contributed by atoms with Crippen LogP contribution in [0.1, 0.15) is 45.2 Å². The monoisotopic (exact) mass is 205 g/mol. The summed E-state index contributed by atoms with van der Waals surface area (Å²) >= 11 is 0. The van der Waals surface area contributed by atoms with Gasteiger partial charge >= 0.3 is 0 Å². The van der Waals surface area contributed by atoms with Crippen molar-refractivity contribution in [3.8, 4) is 0 Å². The number of aryl methyl sites for hydroxylation is 1. The van der Waals surface area contributed by atoms with E-state index in [1.54, 1.807) is 0 Å². The van der Waals surface area contributed by atoms with Gasteiger partial charge in [0.15, 0.2) is 0 Å². The summed E-state index contributed by atoms with van der Waals surface area (Å²) in [5.74, 6) is 0. The lowest BCUT2D eigenvalue weighted by molar-refractivity contribution is 0.588. The highest BCUT2D eigenvalue weighted by atomic mass is 14.6. The Morgan fingerprint density at radius 3 is 2.47 bits per heavy atom. The van der Waals surface area contributed by atoms with E-state index in [4.69, 9.17) is 5.73 Å². The molecule has 2 N–H and O–H groups in total. The highest BCUT2D eigenvalue weighted by molar-refractivity contribution is 5.28. The Balaban J connectivity index is 2.75. The molecule has 0 amide bonds. The summed E-state index contributed by atoms with van der Waals surface area (Å²) in [6.45, 7) is 8.81. The molecule has 0 spiro atoms. The zero-order valence-corrected chi connectivity index (χ0v) is 10.4. The van der Waals surface area contributed by atoms with Crippen LogP contribution in [0.25, 0.3) is 0 Å². The van der Waals surface area contributed by atoms with Crippen molar-refractivity contribution in [2.75, 3.05) is 0 Å². The maximum atomic E-state index is 5.76. The maximum absolute atomic E-state index is 5.76. The van der Waals surface area contributed by atoms with Gasteiger partial charge in [0.25, 0.3) is 0 Å². The van der Waals surface area contributed by atoms with Crippen LogP contribution in [0.2, 0.25) is 0 Å². The molecule has 1 atom stereocenters. The molecule has 0 fully saturated rings. The number of nitrogens with two attached hydrogens (primary N) is 1.